The van der Waals surface area contributed by atoms with E-state index in [9.17, 15) is 24.3 Å². The Morgan fingerprint density at radius 2 is 1.65 bits per heavy atom. The molecule has 4 fully saturated rings. The third-order valence-corrected chi connectivity index (χ3v) is 15.3. The number of nitrogens with zero attached hydrogens (tertiary/aromatic N) is 1. The molecule has 0 aromatic carbocycles. The molecule has 0 unspecified atom stereocenters. The maximum absolute atomic E-state index is 13.9. The third kappa shape index (κ3) is 5.98. The number of pyridine rings is 1. The van der Waals surface area contributed by atoms with Gasteiger partial charge < -0.3 is 15.2 Å². The molecule has 5 aliphatic rings. The van der Waals surface area contributed by atoms with Gasteiger partial charge in [-0.2, -0.15) is 0 Å². The Labute approximate surface area is 311 Å². The Morgan fingerprint density at radius 3 is 2.25 bits per heavy atom. The van der Waals surface area contributed by atoms with Gasteiger partial charge in [0.1, 0.15) is 6.10 Å². The number of nitrogens with one attached hydrogen (secondary N) is 1. The summed E-state index contributed by atoms with van der Waals surface area (Å²) in [6, 6.07) is 3.68. The van der Waals surface area contributed by atoms with Crippen LogP contribution in [0.5, 0.6) is 0 Å². The highest BCUT2D eigenvalue weighted by molar-refractivity contribution is 6.03. The van der Waals surface area contributed by atoms with E-state index in [1.165, 1.54) is 5.57 Å². The topological polar surface area (TPSA) is 123 Å². The summed E-state index contributed by atoms with van der Waals surface area (Å²) in [4.78, 5) is 56.9. The van der Waals surface area contributed by atoms with Crippen molar-refractivity contribution in [3.63, 3.8) is 0 Å². The summed E-state index contributed by atoms with van der Waals surface area (Å²) in [6.45, 7) is 21.4. The number of ether oxygens (including phenoxy) is 1. The standard InChI is InChI=1S/C42H60N2O6.ClH/c1-24(2)33-28(45)21-42(44-35(47)26-12-11-25(3)43-23-26)20-19-40(9)27(34(33)42)13-14-30-39(8)17-16-31(50-32(46)22-37(4,5)36(48)49)38(6,7)29(39)15-18-41(30,40)10;/h11-12,23-24,27,29-31H,13-22H2,1-10H3,(H,44,47)(H,48,49);1H/t27-,29+,30-,31+,39+,40-,41-,42-;/m1./s1. The van der Waals surface area contributed by atoms with E-state index in [0.29, 0.717) is 23.8 Å². The maximum atomic E-state index is 13.9. The number of hydrogen-bond donors (Lipinski definition) is 2. The summed E-state index contributed by atoms with van der Waals surface area (Å²) in [5.41, 5.74) is 1.50. The second kappa shape index (κ2) is 13.0. The molecule has 1 aromatic heterocycles. The third-order valence-electron chi connectivity index (χ3n) is 15.3. The number of carboxylic acids is 1. The molecule has 9 heteroatoms. The number of ketones is 1. The molecule has 0 aliphatic heterocycles. The lowest BCUT2D eigenvalue weighted by Crippen LogP contribution is -2.67. The molecule has 8 nitrogen and oxygen atoms in total. The van der Waals surface area contributed by atoms with Crippen LogP contribution in [0.1, 0.15) is 143 Å². The van der Waals surface area contributed by atoms with Gasteiger partial charge in [0, 0.05) is 23.7 Å². The van der Waals surface area contributed by atoms with Gasteiger partial charge in [-0.3, -0.25) is 24.2 Å². The summed E-state index contributed by atoms with van der Waals surface area (Å²) in [5.74, 6) is -0.275. The molecular weight excluding hydrogens is 664 g/mol. The van der Waals surface area contributed by atoms with Crippen LogP contribution >= 0.6 is 12.4 Å². The zero-order valence-corrected chi connectivity index (χ0v) is 33.4. The van der Waals surface area contributed by atoms with Crippen LogP contribution in [-0.4, -0.2) is 45.4 Å². The molecule has 4 saturated carbocycles. The van der Waals surface area contributed by atoms with Gasteiger partial charge in [-0.1, -0.05) is 48.5 Å². The summed E-state index contributed by atoms with van der Waals surface area (Å²) < 4.78 is 6.15. The van der Waals surface area contributed by atoms with Gasteiger partial charge in [0.25, 0.3) is 5.91 Å². The number of amides is 1. The molecule has 0 spiro atoms. The Bertz CT molecular complexity index is 1630. The fraction of sp³-hybridized carbons (Fsp3) is 0.738. The summed E-state index contributed by atoms with van der Waals surface area (Å²) in [5, 5.41) is 13.0. The van der Waals surface area contributed by atoms with E-state index in [-0.39, 0.29) is 70.1 Å². The second-order valence-corrected chi connectivity index (χ2v) is 19.1. The molecule has 8 atom stereocenters. The average Bonchev–Trinajstić information content (AvgIpc) is 3.30. The molecule has 282 valence electrons. The minimum Gasteiger partial charge on any atom is -0.481 e. The van der Waals surface area contributed by atoms with Crippen LogP contribution in [0.2, 0.25) is 0 Å². The van der Waals surface area contributed by atoms with Crippen LogP contribution in [-0.2, 0) is 19.1 Å². The number of carbonyl (C=O) groups is 4. The van der Waals surface area contributed by atoms with Crippen molar-refractivity contribution >= 4 is 36.0 Å². The Balaban J connectivity index is 0.00000504. The summed E-state index contributed by atoms with van der Waals surface area (Å²) in [6.07, 6.45) is 9.16. The van der Waals surface area contributed by atoms with E-state index in [4.69, 9.17) is 4.74 Å². The molecule has 51 heavy (non-hydrogen) atoms. The summed E-state index contributed by atoms with van der Waals surface area (Å²) >= 11 is 0. The molecule has 0 bridgehead atoms. The lowest BCUT2D eigenvalue weighted by Gasteiger charge is -2.72. The maximum Gasteiger partial charge on any atom is 0.309 e. The molecule has 1 aromatic rings. The molecule has 1 amide bonds. The molecule has 6 rings (SSSR count). The number of aryl methyl sites for hydroxylation is 1. The van der Waals surface area contributed by atoms with Gasteiger partial charge in [-0.15, -0.1) is 12.4 Å². The normalized spacial score (nSPS) is 37.0. The molecule has 0 radical (unpaired) electrons. The van der Waals surface area contributed by atoms with Crippen molar-refractivity contribution in [3.8, 4) is 0 Å². The molecular formula is C42H61ClN2O6. The van der Waals surface area contributed by atoms with E-state index in [2.05, 4.69) is 58.8 Å². The number of carboxylic acid groups (broad SMARTS) is 1. The van der Waals surface area contributed by atoms with Crippen LogP contribution in [0, 0.1) is 57.7 Å². The number of carbonyl (C=O) groups excluding carboxylic acids is 3. The number of rotatable bonds is 7. The smallest absolute Gasteiger partial charge is 0.309 e. The van der Waals surface area contributed by atoms with Crippen molar-refractivity contribution in [3.05, 3.63) is 40.7 Å². The number of hydrogen-bond acceptors (Lipinski definition) is 6. The second-order valence-electron chi connectivity index (χ2n) is 19.1. The predicted molar refractivity (Wildman–Crippen MR) is 199 cm³/mol. The minimum atomic E-state index is -1.17. The van der Waals surface area contributed by atoms with Crippen molar-refractivity contribution in [1.82, 2.24) is 10.3 Å². The minimum absolute atomic E-state index is 0. The Morgan fingerprint density at radius 1 is 0.961 bits per heavy atom. The number of Topliss-reactive ketones (excluding diaryl/α,β-unsaturated/α-hetero) is 1. The highest BCUT2D eigenvalue weighted by Gasteiger charge is 2.70. The zero-order valence-electron chi connectivity index (χ0n) is 32.5. The predicted octanol–water partition coefficient (Wildman–Crippen LogP) is 8.69. The zero-order chi connectivity index (χ0) is 36.8. The van der Waals surface area contributed by atoms with Gasteiger partial charge in [0.15, 0.2) is 5.78 Å². The Kier molecular flexibility index (Phi) is 10.0. The van der Waals surface area contributed by atoms with Crippen LogP contribution in [0.3, 0.4) is 0 Å². The quantitative estimate of drug-likeness (QED) is 0.270. The number of halogens is 1. The van der Waals surface area contributed by atoms with Gasteiger partial charge in [-0.25, -0.2) is 0 Å². The lowest BCUT2D eigenvalue weighted by atomic mass is 9.33. The monoisotopic (exact) mass is 724 g/mol. The van der Waals surface area contributed by atoms with Crippen molar-refractivity contribution in [2.24, 2.45) is 50.7 Å². The van der Waals surface area contributed by atoms with E-state index >= 15 is 0 Å². The number of esters is 1. The first-order valence-electron chi connectivity index (χ1n) is 19.1. The van der Waals surface area contributed by atoms with Gasteiger partial charge >= 0.3 is 11.9 Å². The van der Waals surface area contributed by atoms with Gasteiger partial charge in [0.2, 0.25) is 0 Å². The van der Waals surface area contributed by atoms with Crippen molar-refractivity contribution in [2.45, 2.75) is 145 Å². The van der Waals surface area contributed by atoms with Crippen molar-refractivity contribution < 1.29 is 29.0 Å². The van der Waals surface area contributed by atoms with E-state index < -0.39 is 22.9 Å². The van der Waals surface area contributed by atoms with Crippen LogP contribution < -0.4 is 5.32 Å². The van der Waals surface area contributed by atoms with Crippen LogP contribution in [0.4, 0.5) is 0 Å². The number of aliphatic carboxylic acids is 1. The summed E-state index contributed by atoms with van der Waals surface area (Å²) in [7, 11) is 0. The fourth-order valence-corrected chi connectivity index (χ4v) is 12.5. The van der Waals surface area contributed by atoms with E-state index in [1.807, 2.05) is 19.1 Å². The SMILES string of the molecule is Cc1ccc(C(=O)N[C@@]23CC[C@]4(C)[C@H](CC[C@@H]5[C@@]6(C)CC[C@H](OC(=O)CC(C)(C)C(=O)O)C(C)(C)[C@@H]6CC[C@]54C)C2=C(C(C)C)C(=O)C3)cn1.Cl. The molecule has 1 heterocycles. The van der Waals surface area contributed by atoms with Crippen LogP contribution in [0.25, 0.3) is 0 Å². The average molecular weight is 725 g/mol. The number of allylic oxidation sites excluding steroid dienone is 1. The largest absolute Gasteiger partial charge is 0.481 e. The first-order valence-corrected chi connectivity index (χ1v) is 19.1. The first kappa shape index (κ1) is 39.5. The highest BCUT2D eigenvalue weighted by Crippen LogP contribution is 2.76. The first-order chi connectivity index (χ1) is 23.1. The number of fused-ring (bicyclic) bond motifs is 7. The van der Waals surface area contributed by atoms with Crippen LogP contribution in [0.15, 0.2) is 29.5 Å². The number of aromatic nitrogens is 1. The van der Waals surface area contributed by atoms with Crippen molar-refractivity contribution in [1.29, 1.82) is 0 Å². The van der Waals surface area contributed by atoms with Gasteiger partial charge in [-0.05, 0) is 135 Å². The van der Waals surface area contributed by atoms with Crippen molar-refractivity contribution in [2.75, 3.05) is 0 Å². The molecule has 0 saturated heterocycles. The van der Waals surface area contributed by atoms with Gasteiger partial charge in [0.05, 0.1) is 22.9 Å². The van der Waals surface area contributed by atoms with E-state index in [0.717, 1.165) is 62.6 Å². The van der Waals surface area contributed by atoms with E-state index in [1.54, 1.807) is 20.0 Å². The Hall–Kier alpha value is -2.74. The lowest BCUT2D eigenvalue weighted by molar-refractivity contribution is -0.232. The highest BCUT2D eigenvalue weighted by atomic mass is 35.5. The molecule has 2 N–H and O–H groups in total. The molecule has 5 aliphatic carbocycles. The fourth-order valence-electron chi connectivity index (χ4n) is 12.5.